The van der Waals surface area contributed by atoms with Gasteiger partial charge in [-0.15, -0.1) is 0 Å². The van der Waals surface area contributed by atoms with E-state index in [-0.39, 0.29) is 5.56 Å². The maximum atomic E-state index is 14.6. The zero-order valence-electron chi connectivity index (χ0n) is 12.3. The zero-order valence-corrected chi connectivity index (χ0v) is 12.3. The Morgan fingerprint density at radius 2 is 1.27 bits per heavy atom. The number of hydrogen-bond donors (Lipinski definition) is 1. The van der Waals surface area contributed by atoms with Gasteiger partial charge in [0.1, 0.15) is 11.4 Å². The second-order valence-electron chi connectivity index (χ2n) is 5.43. The Labute approximate surface area is 129 Å². The summed E-state index contributed by atoms with van der Waals surface area (Å²) in [7, 11) is 0. The highest BCUT2D eigenvalue weighted by Gasteiger charge is 2.35. The Balaban J connectivity index is 2.28. The summed E-state index contributed by atoms with van der Waals surface area (Å²) in [6, 6.07) is 23.3. The molecule has 110 valence electrons. The number of aryl methyl sites for hydroxylation is 1. The van der Waals surface area contributed by atoms with Gasteiger partial charge >= 0.3 is 0 Å². The van der Waals surface area contributed by atoms with E-state index in [1.165, 1.54) is 6.07 Å². The molecule has 0 aliphatic carbocycles. The van der Waals surface area contributed by atoms with Gasteiger partial charge in [0.15, 0.2) is 0 Å². The van der Waals surface area contributed by atoms with Gasteiger partial charge in [-0.2, -0.15) is 0 Å². The van der Waals surface area contributed by atoms with Crippen molar-refractivity contribution in [3.63, 3.8) is 0 Å². The Morgan fingerprint density at radius 3 is 1.73 bits per heavy atom. The predicted octanol–water partition coefficient (Wildman–Crippen LogP) is 4.42. The highest BCUT2D eigenvalue weighted by atomic mass is 19.1. The molecule has 1 N–H and O–H groups in total. The van der Waals surface area contributed by atoms with Crippen molar-refractivity contribution in [2.24, 2.45) is 0 Å². The highest BCUT2D eigenvalue weighted by molar-refractivity contribution is 5.47. The fourth-order valence-corrected chi connectivity index (χ4v) is 2.75. The van der Waals surface area contributed by atoms with Crippen LogP contribution in [0.5, 0.6) is 0 Å². The van der Waals surface area contributed by atoms with E-state index in [1.54, 1.807) is 6.07 Å². The molecule has 3 rings (SSSR count). The van der Waals surface area contributed by atoms with Crippen molar-refractivity contribution >= 4 is 0 Å². The van der Waals surface area contributed by atoms with Crippen LogP contribution in [0.3, 0.4) is 0 Å². The van der Waals surface area contributed by atoms with Crippen LogP contribution in [0.4, 0.5) is 4.39 Å². The molecular weight excluding hydrogens is 275 g/mol. The molecule has 0 bridgehead atoms. The van der Waals surface area contributed by atoms with Gasteiger partial charge in [-0.3, -0.25) is 0 Å². The molecule has 22 heavy (non-hydrogen) atoms. The maximum absolute atomic E-state index is 14.6. The molecule has 0 aromatic heterocycles. The molecule has 0 saturated heterocycles. The largest absolute Gasteiger partial charge is 0.376 e. The van der Waals surface area contributed by atoms with E-state index in [0.717, 1.165) is 5.56 Å². The van der Waals surface area contributed by atoms with Crippen LogP contribution in [0, 0.1) is 12.7 Å². The van der Waals surface area contributed by atoms with Gasteiger partial charge in [-0.1, -0.05) is 72.8 Å². The van der Waals surface area contributed by atoms with Gasteiger partial charge in [0.05, 0.1) is 0 Å². The van der Waals surface area contributed by atoms with Crippen LogP contribution >= 0.6 is 0 Å². The van der Waals surface area contributed by atoms with Gasteiger partial charge in [-0.05, 0) is 29.7 Å². The fraction of sp³-hybridized carbons (Fsp3) is 0.100. The van der Waals surface area contributed by atoms with E-state index in [2.05, 4.69) is 0 Å². The molecule has 0 aliphatic rings. The van der Waals surface area contributed by atoms with Crippen molar-refractivity contribution in [3.05, 3.63) is 107 Å². The first kappa shape index (κ1) is 14.5. The van der Waals surface area contributed by atoms with Crippen molar-refractivity contribution in [1.82, 2.24) is 0 Å². The molecule has 1 nitrogen and oxygen atoms in total. The van der Waals surface area contributed by atoms with E-state index in [0.29, 0.717) is 11.1 Å². The minimum absolute atomic E-state index is 0.260. The third kappa shape index (κ3) is 2.42. The van der Waals surface area contributed by atoms with Crippen LogP contribution in [-0.4, -0.2) is 5.11 Å². The van der Waals surface area contributed by atoms with E-state index >= 15 is 0 Å². The highest BCUT2D eigenvalue weighted by Crippen LogP contribution is 2.37. The molecule has 3 aromatic rings. The van der Waals surface area contributed by atoms with Gasteiger partial charge in [0.2, 0.25) is 0 Å². The maximum Gasteiger partial charge on any atom is 0.143 e. The van der Waals surface area contributed by atoms with Crippen LogP contribution in [0.2, 0.25) is 0 Å². The molecule has 0 heterocycles. The summed E-state index contributed by atoms with van der Waals surface area (Å²) in [4.78, 5) is 0. The number of aliphatic hydroxyl groups is 1. The lowest BCUT2D eigenvalue weighted by Crippen LogP contribution is -2.30. The molecule has 0 radical (unpaired) electrons. The lowest BCUT2D eigenvalue weighted by molar-refractivity contribution is 0.121. The summed E-state index contributed by atoms with van der Waals surface area (Å²) >= 11 is 0. The Bertz CT molecular complexity index is 727. The zero-order chi connectivity index (χ0) is 15.6. The number of halogens is 1. The monoisotopic (exact) mass is 292 g/mol. The Hall–Kier alpha value is -2.45. The first-order chi connectivity index (χ1) is 10.6. The van der Waals surface area contributed by atoms with Crippen molar-refractivity contribution in [2.75, 3.05) is 0 Å². The Morgan fingerprint density at radius 1 is 0.773 bits per heavy atom. The second kappa shape index (κ2) is 5.74. The summed E-state index contributed by atoms with van der Waals surface area (Å²) in [5.41, 5.74) is 0.855. The van der Waals surface area contributed by atoms with Crippen molar-refractivity contribution in [3.8, 4) is 0 Å². The Kier molecular flexibility index (Phi) is 3.78. The predicted molar refractivity (Wildman–Crippen MR) is 86.1 cm³/mol. The first-order valence-corrected chi connectivity index (χ1v) is 7.22. The molecule has 0 aliphatic heterocycles. The van der Waals surface area contributed by atoms with E-state index < -0.39 is 11.4 Å². The summed E-state index contributed by atoms with van der Waals surface area (Å²) in [6.07, 6.45) is 0. The lowest BCUT2D eigenvalue weighted by Gasteiger charge is -2.30. The van der Waals surface area contributed by atoms with Crippen LogP contribution in [0.1, 0.15) is 22.3 Å². The minimum atomic E-state index is -1.51. The summed E-state index contributed by atoms with van der Waals surface area (Å²) in [5, 5.41) is 11.5. The third-order valence-corrected chi connectivity index (χ3v) is 3.90. The molecule has 0 fully saturated rings. The third-order valence-electron chi connectivity index (χ3n) is 3.90. The van der Waals surface area contributed by atoms with Crippen molar-refractivity contribution < 1.29 is 9.50 Å². The summed E-state index contributed by atoms with van der Waals surface area (Å²) < 4.78 is 14.6. The molecule has 3 aromatic carbocycles. The summed E-state index contributed by atoms with van der Waals surface area (Å²) in [5.74, 6) is -0.407. The average Bonchev–Trinajstić information content (AvgIpc) is 2.56. The number of benzene rings is 3. The quantitative estimate of drug-likeness (QED) is 0.709. The molecule has 0 unspecified atom stereocenters. The molecule has 0 atom stereocenters. The van der Waals surface area contributed by atoms with E-state index in [9.17, 15) is 9.50 Å². The van der Waals surface area contributed by atoms with Crippen LogP contribution in [0.25, 0.3) is 0 Å². The van der Waals surface area contributed by atoms with Crippen LogP contribution in [0.15, 0.2) is 78.9 Å². The lowest BCUT2D eigenvalue weighted by atomic mass is 9.80. The molecule has 0 spiro atoms. The topological polar surface area (TPSA) is 20.2 Å². The van der Waals surface area contributed by atoms with Gasteiger partial charge in [0, 0.05) is 5.56 Å². The summed E-state index contributed by atoms with van der Waals surface area (Å²) in [6.45, 7) is 1.83. The van der Waals surface area contributed by atoms with Crippen LogP contribution < -0.4 is 0 Å². The standard InChI is InChI=1S/C20H17FO/c1-15-12-13-18(19(21)14-15)20(22,16-8-4-2-5-9-16)17-10-6-3-7-11-17/h2-14,22H,1H3. The smallest absolute Gasteiger partial charge is 0.143 e. The molecule has 0 saturated carbocycles. The number of rotatable bonds is 3. The van der Waals surface area contributed by atoms with Gasteiger partial charge in [-0.25, -0.2) is 4.39 Å². The van der Waals surface area contributed by atoms with E-state index in [4.69, 9.17) is 0 Å². The fourth-order valence-electron chi connectivity index (χ4n) is 2.75. The molecule has 2 heteroatoms. The second-order valence-corrected chi connectivity index (χ2v) is 5.43. The van der Waals surface area contributed by atoms with E-state index in [1.807, 2.05) is 73.7 Å². The first-order valence-electron chi connectivity index (χ1n) is 7.22. The normalized spacial score (nSPS) is 11.4. The average molecular weight is 292 g/mol. The molecule has 0 amide bonds. The SMILES string of the molecule is Cc1ccc(C(O)(c2ccccc2)c2ccccc2)c(F)c1. The molecular formula is C20H17FO. The van der Waals surface area contributed by atoms with Gasteiger partial charge in [0.25, 0.3) is 0 Å². The van der Waals surface area contributed by atoms with Gasteiger partial charge < -0.3 is 5.11 Å². The minimum Gasteiger partial charge on any atom is -0.376 e. The van der Waals surface area contributed by atoms with Crippen LogP contribution in [-0.2, 0) is 5.60 Å². The van der Waals surface area contributed by atoms with Crippen molar-refractivity contribution in [2.45, 2.75) is 12.5 Å². The number of hydrogen-bond acceptors (Lipinski definition) is 1. The van der Waals surface area contributed by atoms with Crippen molar-refractivity contribution in [1.29, 1.82) is 0 Å².